The third kappa shape index (κ3) is 2.91. The van der Waals surface area contributed by atoms with E-state index in [9.17, 15) is 4.79 Å². The van der Waals surface area contributed by atoms with Crippen molar-refractivity contribution in [2.24, 2.45) is 0 Å². The largest absolute Gasteiger partial charge is 0.478 e. The molecule has 1 atom stereocenters. The Labute approximate surface area is 106 Å². The van der Waals surface area contributed by atoms with Crippen LogP contribution in [-0.4, -0.2) is 40.8 Å². The minimum atomic E-state index is -0.945. The van der Waals surface area contributed by atoms with Crippen LogP contribution in [0.3, 0.4) is 0 Å². The highest BCUT2D eigenvalue weighted by atomic mass is 16.5. The molecule has 1 fully saturated rings. The lowest BCUT2D eigenvalue weighted by molar-refractivity contribution is -0.131. The van der Waals surface area contributed by atoms with Crippen LogP contribution in [0.2, 0.25) is 0 Å². The summed E-state index contributed by atoms with van der Waals surface area (Å²) >= 11 is 0. The molecule has 1 N–H and O–H groups in total. The van der Waals surface area contributed by atoms with Gasteiger partial charge in [-0.25, -0.2) is 4.79 Å². The predicted molar refractivity (Wildman–Crippen MR) is 65.6 cm³/mol. The van der Waals surface area contributed by atoms with E-state index >= 15 is 0 Å². The fourth-order valence-electron chi connectivity index (χ4n) is 2.56. The van der Waals surface area contributed by atoms with Crippen LogP contribution in [0, 0.1) is 0 Å². The van der Waals surface area contributed by atoms with Crippen LogP contribution in [0.15, 0.2) is 16.7 Å². The van der Waals surface area contributed by atoms with Gasteiger partial charge in [0.25, 0.3) is 0 Å². The van der Waals surface area contributed by atoms with Gasteiger partial charge in [-0.1, -0.05) is 0 Å². The molecule has 1 saturated heterocycles. The normalized spacial score (nSPS) is 24.1. The highest BCUT2D eigenvalue weighted by Gasteiger charge is 2.32. The summed E-state index contributed by atoms with van der Waals surface area (Å²) in [5.41, 5.74) is 0.0279. The van der Waals surface area contributed by atoms with Gasteiger partial charge in [0.15, 0.2) is 0 Å². The zero-order valence-electron chi connectivity index (χ0n) is 11.0. The number of hydrogen-bond acceptors (Lipinski definition) is 4. The molecule has 0 amide bonds. The number of morpholine rings is 1. The van der Waals surface area contributed by atoms with Gasteiger partial charge in [-0.2, -0.15) is 0 Å². The van der Waals surface area contributed by atoms with Crippen molar-refractivity contribution in [3.8, 4) is 0 Å². The van der Waals surface area contributed by atoms with Crippen molar-refractivity contribution in [3.63, 3.8) is 0 Å². The Morgan fingerprint density at radius 1 is 1.61 bits per heavy atom. The van der Waals surface area contributed by atoms with E-state index in [1.165, 1.54) is 12.3 Å². The molecule has 2 rings (SSSR count). The second kappa shape index (κ2) is 4.74. The van der Waals surface area contributed by atoms with Gasteiger partial charge in [0, 0.05) is 13.1 Å². The number of aromatic carboxylic acids is 1. The maximum Gasteiger partial charge on any atom is 0.339 e. The molecule has 1 aromatic heterocycles. The second-order valence-electron chi connectivity index (χ2n) is 5.42. The first kappa shape index (κ1) is 13.1. The Hall–Kier alpha value is -1.33. The lowest BCUT2D eigenvalue weighted by Crippen LogP contribution is -2.51. The zero-order chi connectivity index (χ0) is 13.3. The Kier molecular flexibility index (Phi) is 3.45. The smallest absolute Gasteiger partial charge is 0.339 e. The standard InChI is InChI=1S/C13H19NO4/c1-9-6-14(8-13(2,3)18-9)7-11-10(12(15)16)4-5-17-11/h4-5,9H,6-8H2,1-3H3,(H,15,16). The van der Waals surface area contributed by atoms with Crippen molar-refractivity contribution < 1.29 is 19.1 Å². The molecule has 0 aromatic carbocycles. The van der Waals surface area contributed by atoms with Crippen molar-refractivity contribution in [2.75, 3.05) is 13.1 Å². The average molecular weight is 253 g/mol. The Morgan fingerprint density at radius 3 is 2.94 bits per heavy atom. The van der Waals surface area contributed by atoms with E-state index in [4.69, 9.17) is 14.3 Å². The number of hydrogen-bond donors (Lipinski definition) is 1. The molecule has 18 heavy (non-hydrogen) atoms. The number of carbonyl (C=O) groups is 1. The molecule has 0 bridgehead atoms. The topological polar surface area (TPSA) is 62.9 Å². The summed E-state index contributed by atoms with van der Waals surface area (Å²) < 4.78 is 11.1. The molecule has 0 radical (unpaired) electrons. The van der Waals surface area contributed by atoms with Gasteiger partial charge in [-0.05, 0) is 26.8 Å². The quantitative estimate of drug-likeness (QED) is 0.892. The van der Waals surface area contributed by atoms with Crippen LogP contribution in [0.5, 0.6) is 0 Å². The van der Waals surface area contributed by atoms with Crippen LogP contribution in [-0.2, 0) is 11.3 Å². The molecule has 5 nitrogen and oxygen atoms in total. The van der Waals surface area contributed by atoms with Gasteiger partial charge >= 0.3 is 5.97 Å². The maximum atomic E-state index is 11.0. The Balaban J connectivity index is 2.09. The highest BCUT2D eigenvalue weighted by molar-refractivity contribution is 5.88. The van der Waals surface area contributed by atoms with Crippen molar-refractivity contribution in [3.05, 3.63) is 23.7 Å². The summed E-state index contributed by atoms with van der Waals surface area (Å²) in [6, 6.07) is 1.49. The molecule has 2 heterocycles. The Morgan fingerprint density at radius 2 is 2.33 bits per heavy atom. The minimum Gasteiger partial charge on any atom is -0.478 e. The van der Waals surface area contributed by atoms with E-state index in [1.54, 1.807) is 0 Å². The van der Waals surface area contributed by atoms with Gasteiger partial charge < -0.3 is 14.3 Å². The number of carboxylic acids is 1. The number of rotatable bonds is 3. The third-order valence-electron chi connectivity index (χ3n) is 2.98. The fraction of sp³-hybridized carbons (Fsp3) is 0.615. The van der Waals surface area contributed by atoms with Crippen molar-refractivity contribution in [2.45, 2.75) is 39.0 Å². The van der Waals surface area contributed by atoms with Crippen LogP contribution >= 0.6 is 0 Å². The average Bonchev–Trinajstić information content (AvgIpc) is 2.62. The summed E-state index contributed by atoms with van der Waals surface area (Å²) in [5, 5.41) is 9.04. The van der Waals surface area contributed by atoms with Crippen molar-refractivity contribution in [1.82, 2.24) is 4.90 Å². The molecule has 5 heteroatoms. The van der Waals surface area contributed by atoms with Gasteiger partial charge in [-0.15, -0.1) is 0 Å². The summed E-state index contributed by atoms with van der Waals surface area (Å²) in [6.07, 6.45) is 1.56. The first-order valence-corrected chi connectivity index (χ1v) is 6.07. The molecule has 1 aliphatic rings. The summed E-state index contributed by atoms with van der Waals surface area (Å²) in [4.78, 5) is 13.2. The van der Waals surface area contributed by atoms with E-state index in [0.29, 0.717) is 12.3 Å². The van der Waals surface area contributed by atoms with E-state index in [-0.39, 0.29) is 17.3 Å². The van der Waals surface area contributed by atoms with E-state index in [0.717, 1.165) is 13.1 Å². The lowest BCUT2D eigenvalue weighted by atomic mass is 10.1. The molecule has 1 unspecified atom stereocenters. The molecule has 0 aliphatic carbocycles. The minimum absolute atomic E-state index is 0.136. The zero-order valence-corrected chi connectivity index (χ0v) is 11.0. The molecule has 0 spiro atoms. The maximum absolute atomic E-state index is 11.0. The SMILES string of the molecule is CC1CN(Cc2occc2C(=O)O)CC(C)(C)O1. The van der Waals surface area contributed by atoms with Gasteiger partial charge in [0.1, 0.15) is 11.3 Å². The number of carboxylic acid groups (broad SMARTS) is 1. The lowest BCUT2D eigenvalue weighted by Gasteiger charge is -2.41. The molecular formula is C13H19NO4. The van der Waals surface area contributed by atoms with Crippen LogP contribution in [0.4, 0.5) is 0 Å². The highest BCUT2D eigenvalue weighted by Crippen LogP contribution is 2.23. The van der Waals surface area contributed by atoms with Crippen molar-refractivity contribution in [1.29, 1.82) is 0 Å². The van der Waals surface area contributed by atoms with Crippen molar-refractivity contribution >= 4 is 5.97 Å². The van der Waals surface area contributed by atoms with Gasteiger partial charge in [-0.3, -0.25) is 4.90 Å². The van der Waals surface area contributed by atoms with E-state index in [2.05, 4.69) is 4.90 Å². The number of nitrogens with zero attached hydrogens (tertiary/aromatic N) is 1. The first-order valence-electron chi connectivity index (χ1n) is 6.07. The predicted octanol–water partition coefficient (Wildman–Crippen LogP) is 1.98. The molecular weight excluding hydrogens is 234 g/mol. The number of furan rings is 1. The first-order chi connectivity index (χ1) is 8.37. The Bertz CT molecular complexity index is 438. The van der Waals surface area contributed by atoms with Gasteiger partial charge in [0.05, 0.1) is 24.5 Å². The van der Waals surface area contributed by atoms with Crippen LogP contribution in [0.25, 0.3) is 0 Å². The monoisotopic (exact) mass is 253 g/mol. The second-order valence-corrected chi connectivity index (χ2v) is 5.42. The fourth-order valence-corrected chi connectivity index (χ4v) is 2.56. The van der Waals surface area contributed by atoms with E-state index < -0.39 is 5.97 Å². The summed E-state index contributed by atoms with van der Waals surface area (Å²) in [5.74, 6) is -0.438. The summed E-state index contributed by atoms with van der Waals surface area (Å²) in [6.45, 7) is 8.14. The van der Waals surface area contributed by atoms with Crippen LogP contribution < -0.4 is 0 Å². The molecule has 0 saturated carbocycles. The summed E-state index contributed by atoms with van der Waals surface area (Å²) in [7, 11) is 0. The third-order valence-corrected chi connectivity index (χ3v) is 2.98. The number of ether oxygens (including phenoxy) is 1. The molecule has 1 aromatic rings. The molecule has 100 valence electrons. The van der Waals surface area contributed by atoms with E-state index in [1.807, 2.05) is 20.8 Å². The van der Waals surface area contributed by atoms with Gasteiger partial charge in [0.2, 0.25) is 0 Å². The van der Waals surface area contributed by atoms with Crippen LogP contribution in [0.1, 0.15) is 36.9 Å². The molecule has 1 aliphatic heterocycles.